The van der Waals surface area contributed by atoms with Gasteiger partial charge in [0.05, 0.1) is 0 Å². The number of aryl methyl sites for hydroxylation is 1. The Morgan fingerprint density at radius 3 is 2.70 bits per heavy atom. The number of aliphatic hydroxyl groups is 1. The second-order valence-corrected chi connectivity index (χ2v) is 7.27. The van der Waals surface area contributed by atoms with E-state index in [1.165, 1.54) is 24.8 Å². The van der Waals surface area contributed by atoms with Crippen molar-refractivity contribution in [2.45, 2.75) is 44.9 Å². The molecule has 0 aliphatic carbocycles. The molecule has 27 heavy (non-hydrogen) atoms. The molecule has 2 N–H and O–H groups in total. The highest BCUT2D eigenvalue weighted by Crippen LogP contribution is 2.13. The second kappa shape index (κ2) is 11.1. The van der Waals surface area contributed by atoms with Crippen LogP contribution in [-0.4, -0.2) is 58.7 Å². The highest BCUT2D eigenvalue weighted by Gasteiger charge is 2.14. The lowest BCUT2D eigenvalue weighted by Crippen LogP contribution is -2.38. The Bertz CT molecular complexity index is 624. The first-order chi connectivity index (χ1) is 13.3. The number of benzene rings is 1. The number of aliphatic hydroxyl groups excluding tert-OH is 1. The topological polar surface area (TPSA) is 62.6 Å². The number of β-amino-alcohol motifs (C(OH)–C–C–N with tert-alkyl or cyclic N) is 1. The average Bonchev–Trinajstić information content (AvgIpc) is 3.21. The lowest BCUT2D eigenvalue weighted by molar-refractivity contribution is 0.0617. The Kier molecular flexibility index (Phi) is 8.14. The van der Waals surface area contributed by atoms with E-state index >= 15 is 0 Å². The third kappa shape index (κ3) is 7.33. The zero-order valence-electron chi connectivity index (χ0n) is 16.1. The van der Waals surface area contributed by atoms with Crippen molar-refractivity contribution < 1.29 is 9.84 Å². The van der Waals surface area contributed by atoms with Gasteiger partial charge in [0.15, 0.2) is 0 Å². The minimum Gasteiger partial charge on any atom is -0.491 e. The summed E-state index contributed by atoms with van der Waals surface area (Å²) in [6, 6.07) is 10.1. The summed E-state index contributed by atoms with van der Waals surface area (Å²) < 4.78 is 7.69. The quantitative estimate of drug-likeness (QED) is 0.593. The molecule has 6 heteroatoms. The molecule has 1 saturated heterocycles. The summed E-state index contributed by atoms with van der Waals surface area (Å²) in [5.41, 5.74) is 1.23. The van der Waals surface area contributed by atoms with Crippen LogP contribution in [0.15, 0.2) is 42.7 Å². The minimum absolute atomic E-state index is 0.349. The number of nitrogens with one attached hydrogen (secondary N) is 1. The normalized spacial score (nSPS) is 16.3. The number of ether oxygens (including phenoxy) is 1. The van der Waals surface area contributed by atoms with E-state index in [1.807, 2.05) is 35.3 Å². The van der Waals surface area contributed by atoms with Gasteiger partial charge in [-0.1, -0.05) is 18.6 Å². The first-order valence-electron chi connectivity index (χ1n) is 10.1. The van der Waals surface area contributed by atoms with Crippen molar-refractivity contribution in [1.82, 2.24) is 20.0 Å². The van der Waals surface area contributed by atoms with Gasteiger partial charge in [-0.2, -0.15) is 5.10 Å². The van der Waals surface area contributed by atoms with Crippen LogP contribution in [0.4, 0.5) is 0 Å². The van der Waals surface area contributed by atoms with Crippen LogP contribution >= 0.6 is 0 Å². The maximum absolute atomic E-state index is 10.2. The molecule has 0 bridgehead atoms. The van der Waals surface area contributed by atoms with Gasteiger partial charge in [0.1, 0.15) is 18.5 Å². The third-order valence-electron chi connectivity index (χ3n) is 4.91. The highest BCUT2D eigenvalue weighted by atomic mass is 16.5. The molecule has 0 radical (unpaired) electrons. The van der Waals surface area contributed by atoms with Gasteiger partial charge in [-0.3, -0.25) is 4.68 Å². The fourth-order valence-corrected chi connectivity index (χ4v) is 3.42. The van der Waals surface area contributed by atoms with E-state index in [-0.39, 0.29) is 0 Å². The summed E-state index contributed by atoms with van der Waals surface area (Å²) in [5.74, 6) is 0.815. The predicted molar refractivity (Wildman–Crippen MR) is 107 cm³/mol. The maximum atomic E-state index is 10.2. The van der Waals surface area contributed by atoms with Gasteiger partial charge in [-0.15, -0.1) is 0 Å². The van der Waals surface area contributed by atoms with Gasteiger partial charge in [0.2, 0.25) is 0 Å². The summed E-state index contributed by atoms with van der Waals surface area (Å²) in [6.45, 7) is 5.99. The molecule has 0 saturated carbocycles. The molecule has 1 fully saturated rings. The van der Waals surface area contributed by atoms with Gasteiger partial charge in [0.25, 0.3) is 0 Å². The minimum atomic E-state index is -0.431. The van der Waals surface area contributed by atoms with Crippen molar-refractivity contribution in [2.24, 2.45) is 0 Å². The van der Waals surface area contributed by atoms with Crippen molar-refractivity contribution in [3.05, 3.63) is 48.3 Å². The molecule has 1 aliphatic rings. The molecule has 1 aromatic carbocycles. The third-order valence-corrected chi connectivity index (χ3v) is 4.91. The zero-order valence-corrected chi connectivity index (χ0v) is 16.1. The first-order valence-corrected chi connectivity index (χ1v) is 10.1. The number of hydrogen-bond donors (Lipinski definition) is 2. The number of likely N-dealkylation sites (tertiary alicyclic amines) is 1. The van der Waals surface area contributed by atoms with E-state index in [0.29, 0.717) is 13.2 Å². The summed E-state index contributed by atoms with van der Waals surface area (Å²) in [4.78, 5) is 2.33. The molecule has 6 nitrogen and oxygen atoms in total. The van der Waals surface area contributed by atoms with Gasteiger partial charge in [-0.25, -0.2) is 0 Å². The zero-order chi connectivity index (χ0) is 18.7. The Balaban J connectivity index is 1.28. The van der Waals surface area contributed by atoms with Gasteiger partial charge >= 0.3 is 0 Å². The van der Waals surface area contributed by atoms with Crippen LogP contribution < -0.4 is 10.1 Å². The monoisotopic (exact) mass is 372 g/mol. The molecule has 3 rings (SSSR count). The number of aromatic nitrogens is 2. The summed E-state index contributed by atoms with van der Waals surface area (Å²) in [6.07, 6.45) is 8.22. The van der Waals surface area contributed by atoms with E-state index in [0.717, 1.165) is 44.9 Å². The van der Waals surface area contributed by atoms with Gasteiger partial charge in [-0.05, 0) is 62.7 Å². The average molecular weight is 373 g/mol. The molecular formula is C21H32N4O2. The molecule has 1 aliphatic heterocycles. The number of nitrogens with zero attached hydrogens (tertiary/aromatic N) is 3. The van der Waals surface area contributed by atoms with E-state index in [1.54, 1.807) is 0 Å². The fraction of sp³-hybridized carbons (Fsp3) is 0.571. The number of hydrogen-bond acceptors (Lipinski definition) is 5. The summed E-state index contributed by atoms with van der Waals surface area (Å²) in [7, 11) is 0. The molecule has 148 valence electrons. The molecule has 0 amide bonds. The Morgan fingerprint density at radius 1 is 1.15 bits per heavy atom. The molecule has 2 aromatic rings. The van der Waals surface area contributed by atoms with Crippen LogP contribution in [0.25, 0.3) is 0 Å². The van der Waals surface area contributed by atoms with Gasteiger partial charge < -0.3 is 20.1 Å². The predicted octanol–water partition coefficient (Wildman–Crippen LogP) is 2.29. The maximum Gasteiger partial charge on any atom is 0.119 e. The summed E-state index contributed by atoms with van der Waals surface area (Å²) >= 11 is 0. The van der Waals surface area contributed by atoms with Crippen molar-refractivity contribution >= 4 is 0 Å². The van der Waals surface area contributed by atoms with Gasteiger partial charge in [0, 0.05) is 32.0 Å². The van der Waals surface area contributed by atoms with Crippen molar-refractivity contribution in [3.63, 3.8) is 0 Å². The van der Waals surface area contributed by atoms with Crippen LogP contribution in [0, 0.1) is 0 Å². The molecule has 1 unspecified atom stereocenters. The summed E-state index contributed by atoms with van der Waals surface area (Å²) in [5, 5.41) is 17.8. The Hall–Kier alpha value is -1.89. The second-order valence-electron chi connectivity index (χ2n) is 7.27. The van der Waals surface area contributed by atoms with E-state index in [4.69, 9.17) is 4.74 Å². The van der Waals surface area contributed by atoms with Crippen LogP contribution in [-0.2, 0) is 13.1 Å². The standard InChI is InChI=1S/C21H32N4O2/c26-20(17-24-12-2-1-3-13-24)18-27-21-8-6-19(7-9-21)16-22-10-4-14-25-15-5-11-23-25/h5-9,11,15,20,22,26H,1-4,10,12-14,16-18H2. The Labute approximate surface area is 162 Å². The SMILES string of the molecule is OC(COc1ccc(CNCCCn2cccn2)cc1)CN1CCCCC1. The molecule has 0 spiro atoms. The Morgan fingerprint density at radius 2 is 1.96 bits per heavy atom. The number of rotatable bonds is 11. The van der Waals surface area contributed by atoms with E-state index in [2.05, 4.69) is 27.4 Å². The molecular weight excluding hydrogens is 340 g/mol. The number of piperidine rings is 1. The molecule has 1 aromatic heterocycles. The van der Waals surface area contributed by atoms with E-state index in [9.17, 15) is 5.11 Å². The van der Waals surface area contributed by atoms with Crippen LogP contribution in [0.2, 0.25) is 0 Å². The lowest BCUT2D eigenvalue weighted by atomic mass is 10.1. The highest BCUT2D eigenvalue weighted by molar-refractivity contribution is 5.27. The van der Waals surface area contributed by atoms with Crippen LogP contribution in [0.1, 0.15) is 31.2 Å². The largest absolute Gasteiger partial charge is 0.491 e. The van der Waals surface area contributed by atoms with Crippen LogP contribution in [0.5, 0.6) is 5.75 Å². The lowest BCUT2D eigenvalue weighted by Gasteiger charge is -2.28. The van der Waals surface area contributed by atoms with Crippen molar-refractivity contribution in [1.29, 1.82) is 0 Å². The van der Waals surface area contributed by atoms with Crippen molar-refractivity contribution in [3.8, 4) is 5.75 Å². The fourth-order valence-electron chi connectivity index (χ4n) is 3.42. The first kappa shape index (κ1) is 19.9. The van der Waals surface area contributed by atoms with Crippen molar-refractivity contribution in [2.75, 3.05) is 32.8 Å². The molecule has 1 atom stereocenters. The van der Waals surface area contributed by atoms with E-state index < -0.39 is 6.10 Å². The molecule has 2 heterocycles. The van der Waals surface area contributed by atoms with Crippen LogP contribution in [0.3, 0.4) is 0 Å². The smallest absolute Gasteiger partial charge is 0.119 e.